The van der Waals surface area contributed by atoms with Crippen molar-refractivity contribution < 1.29 is 4.79 Å². The number of aromatic nitrogens is 5. The van der Waals surface area contributed by atoms with Gasteiger partial charge in [-0.15, -0.1) is 10.2 Å². The van der Waals surface area contributed by atoms with E-state index in [2.05, 4.69) is 32.4 Å². The molecule has 0 unspecified atom stereocenters. The van der Waals surface area contributed by atoms with E-state index in [0.29, 0.717) is 12.4 Å². The molecule has 0 spiro atoms. The quantitative estimate of drug-likeness (QED) is 0.750. The summed E-state index contributed by atoms with van der Waals surface area (Å²) in [5.41, 5.74) is 3.81. The lowest BCUT2D eigenvalue weighted by molar-refractivity contribution is -0.115. The van der Waals surface area contributed by atoms with E-state index in [1.54, 1.807) is 12.5 Å². The van der Waals surface area contributed by atoms with Gasteiger partial charge >= 0.3 is 0 Å². The number of aryl methyl sites for hydroxylation is 1. The monoisotopic (exact) mass is 349 g/mol. The van der Waals surface area contributed by atoms with Crippen LogP contribution in [0.3, 0.4) is 0 Å². The van der Waals surface area contributed by atoms with Gasteiger partial charge in [-0.25, -0.2) is 9.97 Å². The lowest BCUT2D eigenvalue weighted by Gasteiger charge is -2.28. The standard InChI is InChI=1S/C18H19N7O/c1-3-6-25-9-15(26)23-17-18(25)22-14(8-19-17)13-5-4-12(7-11(13)2)16-20-10-21-24-16/h4-5,7-8,10H,3,6,9H2,1-2H3,(H,19,23,26)(H,20,21,24). The van der Waals surface area contributed by atoms with Crippen LogP contribution >= 0.6 is 0 Å². The van der Waals surface area contributed by atoms with Crippen molar-refractivity contribution in [3.05, 3.63) is 36.3 Å². The highest BCUT2D eigenvalue weighted by Crippen LogP contribution is 2.31. The predicted molar refractivity (Wildman–Crippen MR) is 98.7 cm³/mol. The molecule has 8 nitrogen and oxygen atoms in total. The number of nitrogens with one attached hydrogen (secondary N) is 2. The lowest BCUT2D eigenvalue weighted by Crippen LogP contribution is -2.39. The molecule has 1 aromatic carbocycles. The lowest BCUT2D eigenvalue weighted by atomic mass is 10.0. The third kappa shape index (κ3) is 2.90. The largest absolute Gasteiger partial charge is 0.344 e. The van der Waals surface area contributed by atoms with Gasteiger partial charge in [0.25, 0.3) is 0 Å². The van der Waals surface area contributed by atoms with Crippen LogP contribution in [0.15, 0.2) is 30.7 Å². The van der Waals surface area contributed by atoms with Gasteiger partial charge in [-0.3, -0.25) is 4.79 Å². The summed E-state index contributed by atoms with van der Waals surface area (Å²) in [6, 6.07) is 6.04. The number of anilines is 2. The van der Waals surface area contributed by atoms with Crippen LogP contribution in [0.5, 0.6) is 0 Å². The fourth-order valence-corrected chi connectivity index (χ4v) is 3.14. The average molecular weight is 349 g/mol. The van der Waals surface area contributed by atoms with Gasteiger partial charge < -0.3 is 15.2 Å². The maximum atomic E-state index is 11.8. The number of carbonyl (C=O) groups excluding carboxylic acids is 1. The molecule has 0 aliphatic carbocycles. The molecule has 2 aromatic heterocycles. The maximum Gasteiger partial charge on any atom is 0.245 e. The minimum Gasteiger partial charge on any atom is -0.344 e. The molecule has 0 bridgehead atoms. The normalized spacial score (nSPS) is 13.5. The molecule has 3 aromatic rings. The van der Waals surface area contributed by atoms with E-state index in [-0.39, 0.29) is 5.91 Å². The number of amides is 1. The smallest absolute Gasteiger partial charge is 0.245 e. The van der Waals surface area contributed by atoms with E-state index in [1.807, 2.05) is 30.0 Å². The van der Waals surface area contributed by atoms with Gasteiger partial charge in [0.1, 0.15) is 6.33 Å². The molecule has 1 amide bonds. The summed E-state index contributed by atoms with van der Waals surface area (Å²) in [7, 11) is 0. The van der Waals surface area contributed by atoms with Crippen molar-refractivity contribution in [2.45, 2.75) is 20.3 Å². The molecule has 26 heavy (non-hydrogen) atoms. The minimum atomic E-state index is -0.0550. The fraction of sp³-hybridized carbons (Fsp3) is 0.278. The van der Waals surface area contributed by atoms with Crippen molar-refractivity contribution in [3.63, 3.8) is 0 Å². The first kappa shape index (κ1) is 16.2. The van der Waals surface area contributed by atoms with Gasteiger partial charge in [0.15, 0.2) is 17.5 Å². The average Bonchev–Trinajstić information content (AvgIpc) is 3.16. The van der Waals surface area contributed by atoms with E-state index in [9.17, 15) is 4.79 Å². The number of carbonyl (C=O) groups is 1. The highest BCUT2D eigenvalue weighted by atomic mass is 16.2. The molecule has 0 fully saturated rings. The molecule has 132 valence electrons. The maximum absolute atomic E-state index is 11.8. The zero-order chi connectivity index (χ0) is 18.1. The van der Waals surface area contributed by atoms with E-state index in [4.69, 9.17) is 4.98 Å². The zero-order valence-electron chi connectivity index (χ0n) is 14.7. The van der Waals surface area contributed by atoms with Crippen LogP contribution in [0.25, 0.3) is 22.6 Å². The molecule has 2 N–H and O–H groups in total. The Bertz CT molecular complexity index is 952. The summed E-state index contributed by atoms with van der Waals surface area (Å²) in [5, 5.41) is 10.7. The highest BCUT2D eigenvalue weighted by Gasteiger charge is 2.24. The van der Waals surface area contributed by atoms with Gasteiger partial charge in [0.2, 0.25) is 5.91 Å². The fourth-order valence-electron chi connectivity index (χ4n) is 3.14. The summed E-state index contributed by atoms with van der Waals surface area (Å²) >= 11 is 0. The molecule has 0 radical (unpaired) electrons. The van der Waals surface area contributed by atoms with Crippen molar-refractivity contribution in [2.75, 3.05) is 23.3 Å². The summed E-state index contributed by atoms with van der Waals surface area (Å²) in [6.45, 7) is 5.18. The van der Waals surface area contributed by atoms with Crippen LogP contribution in [0.1, 0.15) is 18.9 Å². The van der Waals surface area contributed by atoms with E-state index >= 15 is 0 Å². The molecule has 0 atom stereocenters. The van der Waals surface area contributed by atoms with E-state index in [0.717, 1.165) is 47.0 Å². The Kier molecular flexibility index (Phi) is 4.08. The third-order valence-corrected chi connectivity index (χ3v) is 4.33. The topological polar surface area (TPSA) is 99.7 Å². The van der Waals surface area contributed by atoms with Gasteiger partial charge in [-0.2, -0.15) is 0 Å². The third-order valence-electron chi connectivity index (χ3n) is 4.33. The number of nitrogens with zero attached hydrogens (tertiary/aromatic N) is 5. The van der Waals surface area contributed by atoms with Crippen molar-refractivity contribution in [1.29, 1.82) is 0 Å². The second kappa shape index (κ2) is 6.55. The van der Waals surface area contributed by atoms with Crippen LogP contribution in [-0.2, 0) is 4.79 Å². The van der Waals surface area contributed by atoms with Crippen LogP contribution in [0.2, 0.25) is 0 Å². The van der Waals surface area contributed by atoms with Crippen molar-refractivity contribution in [3.8, 4) is 22.6 Å². The number of fused-ring (bicyclic) bond motifs is 1. The zero-order valence-corrected chi connectivity index (χ0v) is 14.7. The van der Waals surface area contributed by atoms with Gasteiger partial charge in [-0.1, -0.05) is 19.1 Å². The number of rotatable bonds is 4. The molecular formula is C18H19N7O. The SMILES string of the molecule is CCCN1CC(=O)Nc2ncc(-c3ccc(-c4nnc[nH]4)cc3C)nc21. The van der Waals surface area contributed by atoms with Crippen molar-refractivity contribution in [2.24, 2.45) is 0 Å². The molecule has 8 heteroatoms. The first-order valence-corrected chi connectivity index (χ1v) is 8.55. The Balaban J connectivity index is 1.73. The van der Waals surface area contributed by atoms with E-state index < -0.39 is 0 Å². The number of benzene rings is 1. The first-order valence-electron chi connectivity index (χ1n) is 8.55. The Labute approximate surface area is 150 Å². The Morgan fingerprint density at radius 1 is 1.31 bits per heavy atom. The summed E-state index contributed by atoms with van der Waals surface area (Å²) in [6.07, 6.45) is 4.19. The molecular weight excluding hydrogens is 330 g/mol. The van der Waals surface area contributed by atoms with E-state index in [1.165, 1.54) is 0 Å². The number of aromatic amines is 1. The molecule has 4 rings (SSSR count). The molecule has 1 aliphatic rings. The molecule has 0 saturated heterocycles. The van der Waals surface area contributed by atoms with Crippen LogP contribution < -0.4 is 10.2 Å². The van der Waals surface area contributed by atoms with Crippen LogP contribution in [0.4, 0.5) is 11.6 Å². The summed E-state index contributed by atoms with van der Waals surface area (Å²) < 4.78 is 0. The molecule has 3 heterocycles. The molecule has 0 saturated carbocycles. The number of hydrogen-bond acceptors (Lipinski definition) is 6. The Hall–Kier alpha value is -3.29. The van der Waals surface area contributed by atoms with Gasteiger partial charge in [0.05, 0.1) is 18.4 Å². The number of H-pyrrole nitrogens is 1. The van der Waals surface area contributed by atoms with Crippen LogP contribution in [-0.4, -0.2) is 44.1 Å². The Morgan fingerprint density at radius 3 is 2.92 bits per heavy atom. The predicted octanol–water partition coefficient (Wildman–Crippen LogP) is 2.41. The summed E-state index contributed by atoms with van der Waals surface area (Å²) in [5.74, 6) is 1.92. The first-order chi connectivity index (χ1) is 12.7. The highest BCUT2D eigenvalue weighted by molar-refractivity contribution is 5.99. The van der Waals surface area contributed by atoms with Crippen molar-refractivity contribution in [1.82, 2.24) is 25.1 Å². The Morgan fingerprint density at radius 2 is 2.19 bits per heavy atom. The second-order valence-corrected chi connectivity index (χ2v) is 6.26. The number of hydrogen-bond donors (Lipinski definition) is 2. The summed E-state index contributed by atoms with van der Waals surface area (Å²) in [4.78, 5) is 26.0. The van der Waals surface area contributed by atoms with Gasteiger partial charge in [-0.05, 0) is 25.0 Å². The van der Waals surface area contributed by atoms with Crippen LogP contribution in [0, 0.1) is 6.92 Å². The minimum absolute atomic E-state index is 0.0550. The second-order valence-electron chi connectivity index (χ2n) is 6.26. The van der Waals surface area contributed by atoms with Gasteiger partial charge in [0, 0.05) is 17.7 Å². The molecule has 1 aliphatic heterocycles. The van der Waals surface area contributed by atoms with Crippen molar-refractivity contribution >= 4 is 17.5 Å².